The van der Waals surface area contributed by atoms with Gasteiger partial charge in [-0.15, -0.1) is 11.3 Å². The van der Waals surface area contributed by atoms with Crippen molar-refractivity contribution in [2.24, 2.45) is 0 Å². The zero-order valence-corrected chi connectivity index (χ0v) is 18.4. The number of thiophene rings is 1. The first-order chi connectivity index (χ1) is 14.4. The molecule has 0 saturated heterocycles. The summed E-state index contributed by atoms with van der Waals surface area (Å²) >= 11 is 1.14. The van der Waals surface area contributed by atoms with Crippen molar-refractivity contribution in [3.63, 3.8) is 0 Å². The molecule has 9 heteroatoms. The van der Waals surface area contributed by atoms with Crippen LogP contribution in [-0.4, -0.2) is 40.5 Å². The third kappa shape index (κ3) is 4.74. The average Bonchev–Trinajstić information content (AvgIpc) is 3.29. The number of nitrogens with zero attached hydrogens (tertiary/aromatic N) is 1. The summed E-state index contributed by atoms with van der Waals surface area (Å²) in [6.07, 6.45) is 0. The van der Waals surface area contributed by atoms with Gasteiger partial charge in [0.25, 0.3) is 15.9 Å². The highest BCUT2D eigenvalue weighted by atomic mass is 32.2. The third-order valence-electron chi connectivity index (χ3n) is 4.42. The molecule has 7 nitrogen and oxygen atoms in total. The first kappa shape index (κ1) is 21.7. The summed E-state index contributed by atoms with van der Waals surface area (Å²) in [5, 5.41) is 1.70. The van der Waals surface area contributed by atoms with E-state index in [9.17, 15) is 13.2 Å². The molecule has 158 valence electrons. The minimum Gasteiger partial charge on any atom is -0.496 e. The fraction of sp³-hybridized carbons (Fsp3) is 0.190. The second kappa shape index (κ2) is 9.19. The quantitative estimate of drug-likeness (QED) is 0.568. The molecule has 30 heavy (non-hydrogen) atoms. The van der Waals surface area contributed by atoms with Crippen LogP contribution in [0.3, 0.4) is 0 Å². The van der Waals surface area contributed by atoms with Crippen LogP contribution in [-0.2, 0) is 16.6 Å². The Hall–Kier alpha value is -3.04. The normalized spacial score (nSPS) is 11.0. The van der Waals surface area contributed by atoms with Gasteiger partial charge < -0.3 is 14.4 Å². The number of carbonyl (C=O) groups is 1. The fourth-order valence-corrected chi connectivity index (χ4v) is 4.97. The maximum absolute atomic E-state index is 12.8. The van der Waals surface area contributed by atoms with Gasteiger partial charge in [0.15, 0.2) is 0 Å². The number of methoxy groups -OCH3 is 2. The summed E-state index contributed by atoms with van der Waals surface area (Å²) in [5.74, 6) is 1.05. The van der Waals surface area contributed by atoms with Crippen LogP contribution >= 0.6 is 11.3 Å². The van der Waals surface area contributed by atoms with Crippen LogP contribution < -0.4 is 14.2 Å². The van der Waals surface area contributed by atoms with Crippen LogP contribution in [0.1, 0.15) is 15.9 Å². The van der Waals surface area contributed by atoms with Crippen LogP contribution in [0.15, 0.2) is 64.2 Å². The van der Waals surface area contributed by atoms with Gasteiger partial charge in [0.05, 0.1) is 26.3 Å². The SMILES string of the molecule is COc1cccc(OC)c1CN(C)C(=O)c1ccc(NS(=O)(=O)c2cccs2)cc1. The van der Waals surface area contributed by atoms with E-state index >= 15 is 0 Å². The summed E-state index contributed by atoms with van der Waals surface area (Å²) < 4.78 is 38.1. The molecule has 2 aromatic carbocycles. The van der Waals surface area contributed by atoms with Crippen LogP contribution in [0, 0.1) is 0 Å². The molecule has 0 aliphatic carbocycles. The number of sulfonamides is 1. The average molecular weight is 447 g/mol. The molecule has 0 radical (unpaired) electrons. The van der Waals surface area contributed by atoms with Crippen molar-refractivity contribution in [2.45, 2.75) is 10.8 Å². The zero-order valence-electron chi connectivity index (χ0n) is 16.8. The van der Waals surface area contributed by atoms with Crippen molar-refractivity contribution in [1.82, 2.24) is 4.90 Å². The molecule has 1 N–H and O–H groups in total. The van der Waals surface area contributed by atoms with E-state index in [-0.39, 0.29) is 10.1 Å². The lowest BCUT2D eigenvalue weighted by Gasteiger charge is -2.21. The van der Waals surface area contributed by atoms with Gasteiger partial charge in [0.1, 0.15) is 15.7 Å². The van der Waals surface area contributed by atoms with Crippen LogP contribution in [0.2, 0.25) is 0 Å². The molecule has 0 unspecified atom stereocenters. The Bertz CT molecular complexity index is 1090. The van der Waals surface area contributed by atoms with Crippen molar-refractivity contribution in [1.29, 1.82) is 0 Å². The molecule has 0 aliphatic rings. The molecule has 3 rings (SSSR count). The Kier molecular flexibility index (Phi) is 6.63. The Morgan fingerprint density at radius 1 is 1.00 bits per heavy atom. The van der Waals surface area contributed by atoms with E-state index in [0.717, 1.165) is 16.9 Å². The van der Waals surface area contributed by atoms with Gasteiger partial charge in [-0.1, -0.05) is 12.1 Å². The van der Waals surface area contributed by atoms with Gasteiger partial charge in [0.2, 0.25) is 0 Å². The lowest BCUT2D eigenvalue weighted by molar-refractivity contribution is 0.0783. The number of hydrogen-bond acceptors (Lipinski definition) is 6. The number of rotatable bonds is 8. The van der Waals surface area contributed by atoms with Gasteiger partial charge in [-0.3, -0.25) is 9.52 Å². The summed E-state index contributed by atoms with van der Waals surface area (Å²) in [4.78, 5) is 14.4. The monoisotopic (exact) mass is 446 g/mol. The van der Waals surface area contributed by atoms with E-state index in [4.69, 9.17) is 9.47 Å². The molecule has 3 aromatic rings. The highest BCUT2D eigenvalue weighted by Gasteiger charge is 2.18. The van der Waals surface area contributed by atoms with E-state index in [1.807, 2.05) is 18.2 Å². The first-order valence-corrected chi connectivity index (χ1v) is 11.3. The Morgan fingerprint density at radius 3 is 2.17 bits per heavy atom. The fourth-order valence-electron chi connectivity index (χ4n) is 2.92. The van der Waals surface area contributed by atoms with Gasteiger partial charge in [-0.25, -0.2) is 8.42 Å². The molecule has 0 saturated carbocycles. The second-order valence-corrected chi connectivity index (χ2v) is 9.27. The highest BCUT2D eigenvalue weighted by molar-refractivity contribution is 7.94. The number of benzene rings is 2. The third-order valence-corrected chi connectivity index (χ3v) is 7.19. The maximum Gasteiger partial charge on any atom is 0.271 e. The van der Waals surface area contributed by atoms with Crippen LogP contribution in [0.25, 0.3) is 0 Å². The summed E-state index contributed by atoms with van der Waals surface area (Å²) in [5.41, 5.74) is 1.58. The van der Waals surface area contributed by atoms with Crippen molar-refractivity contribution in [3.05, 3.63) is 71.1 Å². The number of anilines is 1. The van der Waals surface area contributed by atoms with Crippen molar-refractivity contribution in [3.8, 4) is 11.5 Å². The van der Waals surface area contributed by atoms with Crippen molar-refractivity contribution < 1.29 is 22.7 Å². The molecule has 0 aliphatic heterocycles. The minimum atomic E-state index is -3.63. The highest BCUT2D eigenvalue weighted by Crippen LogP contribution is 2.29. The summed E-state index contributed by atoms with van der Waals surface area (Å²) in [6, 6.07) is 15.0. The van der Waals surface area contributed by atoms with E-state index < -0.39 is 10.0 Å². The van der Waals surface area contributed by atoms with E-state index in [0.29, 0.717) is 29.3 Å². The predicted octanol–water partition coefficient (Wildman–Crippen LogP) is 3.84. The molecular formula is C21H22N2O5S2. The number of hydrogen-bond donors (Lipinski definition) is 1. The molecule has 1 aromatic heterocycles. The number of nitrogens with one attached hydrogen (secondary N) is 1. The van der Waals surface area contributed by atoms with Crippen molar-refractivity contribution >= 4 is 33.0 Å². The lowest BCUT2D eigenvalue weighted by Crippen LogP contribution is -2.26. The topological polar surface area (TPSA) is 84.9 Å². The van der Waals surface area contributed by atoms with Crippen LogP contribution in [0.4, 0.5) is 5.69 Å². The molecule has 1 amide bonds. The van der Waals surface area contributed by atoms with E-state index in [1.54, 1.807) is 61.9 Å². The van der Waals surface area contributed by atoms with Gasteiger partial charge in [-0.05, 0) is 47.8 Å². The Morgan fingerprint density at radius 2 is 1.63 bits per heavy atom. The molecule has 1 heterocycles. The van der Waals surface area contributed by atoms with Crippen molar-refractivity contribution in [2.75, 3.05) is 26.0 Å². The van der Waals surface area contributed by atoms with Crippen LogP contribution in [0.5, 0.6) is 11.5 Å². The van der Waals surface area contributed by atoms with E-state index in [2.05, 4.69) is 4.72 Å². The predicted molar refractivity (Wildman–Crippen MR) is 117 cm³/mol. The largest absolute Gasteiger partial charge is 0.496 e. The number of carbonyl (C=O) groups excluding carboxylic acids is 1. The molecule has 0 fully saturated rings. The smallest absolute Gasteiger partial charge is 0.271 e. The molecular weight excluding hydrogens is 424 g/mol. The molecule has 0 bridgehead atoms. The van der Waals surface area contributed by atoms with Gasteiger partial charge >= 0.3 is 0 Å². The molecule has 0 atom stereocenters. The van der Waals surface area contributed by atoms with E-state index in [1.165, 1.54) is 6.07 Å². The van der Waals surface area contributed by atoms with Gasteiger partial charge in [-0.2, -0.15) is 0 Å². The second-order valence-electron chi connectivity index (χ2n) is 6.42. The lowest BCUT2D eigenvalue weighted by atomic mass is 10.1. The summed E-state index contributed by atoms with van der Waals surface area (Å²) in [7, 11) is 1.18. The Labute approximate surface area is 179 Å². The zero-order chi connectivity index (χ0) is 21.7. The number of ether oxygens (including phenoxy) is 2. The molecule has 0 spiro atoms. The number of amides is 1. The standard InChI is InChI=1S/C21H22N2O5S2/c1-23(14-17-18(27-2)6-4-7-19(17)28-3)21(24)15-9-11-16(12-10-15)22-30(25,26)20-8-5-13-29-20/h4-13,22H,14H2,1-3H3. The Balaban J connectivity index is 1.73. The first-order valence-electron chi connectivity index (χ1n) is 8.97. The van der Waals surface area contributed by atoms with Gasteiger partial charge in [0, 0.05) is 18.3 Å². The minimum absolute atomic E-state index is 0.212. The summed E-state index contributed by atoms with van der Waals surface area (Å²) in [6.45, 7) is 0.290. The maximum atomic E-state index is 12.8.